The molecule has 2 heterocycles. The molecule has 0 saturated carbocycles. The van der Waals surface area contributed by atoms with Crippen molar-refractivity contribution in [2.75, 3.05) is 38.0 Å². The normalized spacial score (nSPS) is 15.2. The molecule has 30 heavy (non-hydrogen) atoms. The van der Waals surface area contributed by atoms with Crippen LogP contribution in [-0.4, -0.2) is 58.6 Å². The molecule has 0 atom stereocenters. The van der Waals surface area contributed by atoms with Gasteiger partial charge >= 0.3 is 0 Å². The summed E-state index contributed by atoms with van der Waals surface area (Å²) in [4.78, 5) is 16.5. The largest absolute Gasteiger partial charge is 0.424 e. The van der Waals surface area contributed by atoms with Crippen LogP contribution in [0.15, 0.2) is 59.0 Å². The Kier molecular flexibility index (Phi) is 6.46. The zero-order valence-corrected chi connectivity index (χ0v) is 16.6. The molecule has 0 spiro atoms. The monoisotopic (exact) mass is 409 g/mol. The highest BCUT2D eigenvalue weighted by molar-refractivity contribution is 5.92. The maximum absolute atomic E-state index is 12.9. The summed E-state index contributed by atoms with van der Waals surface area (Å²) in [6, 6.07) is 15.8. The van der Waals surface area contributed by atoms with Crippen LogP contribution in [0.1, 0.15) is 17.3 Å². The number of anilines is 1. The second kappa shape index (κ2) is 9.60. The molecule has 8 heteroatoms. The van der Waals surface area contributed by atoms with Crippen molar-refractivity contribution in [3.05, 3.63) is 77.8 Å². The Morgan fingerprint density at radius 1 is 0.933 bits per heavy atom. The Hall–Kier alpha value is -3.10. The van der Waals surface area contributed by atoms with E-state index in [9.17, 15) is 9.18 Å². The molecule has 1 amide bonds. The van der Waals surface area contributed by atoms with Crippen LogP contribution in [0.3, 0.4) is 0 Å². The maximum atomic E-state index is 12.9. The summed E-state index contributed by atoms with van der Waals surface area (Å²) in [6.07, 6.45) is 0.630. The van der Waals surface area contributed by atoms with Gasteiger partial charge in [-0.05, 0) is 29.8 Å². The lowest BCUT2D eigenvalue weighted by Crippen LogP contribution is -2.48. The van der Waals surface area contributed by atoms with Crippen LogP contribution < -0.4 is 5.32 Å². The average Bonchev–Trinajstić information content (AvgIpc) is 3.18. The van der Waals surface area contributed by atoms with E-state index in [0.717, 1.165) is 31.7 Å². The first-order valence-electron chi connectivity index (χ1n) is 9.99. The van der Waals surface area contributed by atoms with Crippen molar-refractivity contribution in [3.8, 4) is 0 Å². The molecule has 1 N–H and O–H groups in total. The number of carbonyl (C=O) groups excluding carboxylic acids is 1. The number of piperazine rings is 1. The third-order valence-corrected chi connectivity index (χ3v) is 5.03. The minimum atomic E-state index is -0.322. The Bertz CT molecular complexity index is 953. The van der Waals surface area contributed by atoms with Crippen LogP contribution in [-0.2, 0) is 17.8 Å². The number of carbonyl (C=O) groups is 1. The van der Waals surface area contributed by atoms with E-state index >= 15 is 0 Å². The second-order valence-electron chi connectivity index (χ2n) is 7.36. The summed E-state index contributed by atoms with van der Waals surface area (Å²) in [6.45, 7) is 4.12. The van der Waals surface area contributed by atoms with Gasteiger partial charge in [-0.3, -0.25) is 14.6 Å². The van der Waals surface area contributed by atoms with Gasteiger partial charge in [0.15, 0.2) is 0 Å². The number of amides is 1. The van der Waals surface area contributed by atoms with Gasteiger partial charge in [0.2, 0.25) is 17.7 Å². The molecule has 1 saturated heterocycles. The van der Waals surface area contributed by atoms with Crippen LogP contribution in [0, 0.1) is 5.82 Å². The summed E-state index contributed by atoms with van der Waals surface area (Å²) >= 11 is 0. The summed E-state index contributed by atoms with van der Waals surface area (Å²) in [5.74, 6) is 0.811. The van der Waals surface area contributed by atoms with Gasteiger partial charge in [0, 0.05) is 31.9 Å². The number of nitrogens with zero attached hydrogens (tertiary/aromatic N) is 4. The Balaban J connectivity index is 1.20. The van der Waals surface area contributed by atoms with Gasteiger partial charge in [-0.15, -0.1) is 10.2 Å². The summed E-state index contributed by atoms with van der Waals surface area (Å²) in [7, 11) is 0. The standard InChI is InChI=1S/C22H24FN5O2/c23-18-6-8-19(9-7-18)24-20(29)15-27-10-12-28(13-11-27)16-22-26-25-21(30-22)14-17-4-2-1-3-5-17/h1-9H,10-16H2,(H,24,29). The molecule has 4 rings (SSSR count). The predicted octanol–water partition coefficient (Wildman–Crippen LogP) is 2.56. The van der Waals surface area contributed by atoms with E-state index < -0.39 is 0 Å². The smallest absolute Gasteiger partial charge is 0.238 e. The molecule has 0 unspecified atom stereocenters. The Morgan fingerprint density at radius 2 is 1.60 bits per heavy atom. The first-order chi connectivity index (χ1) is 14.6. The van der Waals surface area contributed by atoms with Gasteiger partial charge in [-0.2, -0.15) is 0 Å². The molecule has 1 aromatic heterocycles. The van der Waals surface area contributed by atoms with E-state index in [4.69, 9.17) is 4.42 Å². The lowest BCUT2D eigenvalue weighted by molar-refractivity contribution is -0.117. The predicted molar refractivity (Wildman–Crippen MR) is 110 cm³/mol. The molecule has 1 fully saturated rings. The fourth-order valence-corrected chi connectivity index (χ4v) is 3.43. The van der Waals surface area contributed by atoms with E-state index in [2.05, 4.69) is 25.3 Å². The molecule has 3 aromatic rings. The number of nitrogens with one attached hydrogen (secondary N) is 1. The van der Waals surface area contributed by atoms with Crippen LogP contribution in [0.2, 0.25) is 0 Å². The third-order valence-electron chi connectivity index (χ3n) is 5.03. The van der Waals surface area contributed by atoms with E-state index in [1.165, 1.54) is 12.1 Å². The van der Waals surface area contributed by atoms with Crippen LogP contribution in [0.5, 0.6) is 0 Å². The zero-order valence-electron chi connectivity index (χ0n) is 16.6. The van der Waals surface area contributed by atoms with Crippen LogP contribution in [0.4, 0.5) is 10.1 Å². The van der Waals surface area contributed by atoms with Crippen LogP contribution >= 0.6 is 0 Å². The molecular weight excluding hydrogens is 385 g/mol. The summed E-state index contributed by atoms with van der Waals surface area (Å²) < 4.78 is 18.7. The van der Waals surface area contributed by atoms with Crippen LogP contribution in [0.25, 0.3) is 0 Å². The highest BCUT2D eigenvalue weighted by atomic mass is 19.1. The highest BCUT2D eigenvalue weighted by Gasteiger charge is 2.21. The van der Waals surface area contributed by atoms with Crippen molar-refractivity contribution in [3.63, 3.8) is 0 Å². The maximum Gasteiger partial charge on any atom is 0.238 e. The Labute approximate surface area is 174 Å². The molecule has 156 valence electrons. The van der Waals surface area contributed by atoms with E-state index in [-0.39, 0.29) is 11.7 Å². The van der Waals surface area contributed by atoms with Gasteiger partial charge in [0.05, 0.1) is 19.5 Å². The van der Waals surface area contributed by atoms with Crippen molar-refractivity contribution in [2.24, 2.45) is 0 Å². The average molecular weight is 409 g/mol. The number of hydrogen-bond donors (Lipinski definition) is 1. The molecular formula is C22H24FN5O2. The molecule has 2 aromatic carbocycles. The number of benzene rings is 2. The molecule has 1 aliphatic heterocycles. The van der Waals surface area contributed by atoms with Gasteiger partial charge in [-0.25, -0.2) is 4.39 Å². The lowest BCUT2D eigenvalue weighted by atomic mass is 10.2. The number of aromatic nitrogens is 2. The first-order valence-corrected chi connectivity index (χ1v) is 9.99. The zero-order chi connectivity index (χ0) is 20.8. The summed E-state index contributed by atoms with van der Waals surface area (Å²) in [5.41, 5.74) is 1.74. The van der Waals surface area contributed by atoms with Gasteiger partial charge in [-0.1, -0.05) is 30.3 Å². The van der Waals surface area contributed by atoms with E-state index in [0.29, 0.717) is 37.0 Å². The van der Waals surface area contributed by atoms with Gasteiger partial charge < -0.3 is 9.73 Å². The molecule has 0 radical (unpaired) electrons. The molecule has 0 bridgehead atoms. The molecule has 1 aliphatic rings. The molecule has 7 nitrogen and oxygen atoms in total. The van der Waals surface area contributed by atoms with Crippen molar-refractivity contribution in [1.29, 1.82) is 0 Å². The number of hydrogen-bond acceptors (Lipinski definition) is 6. The minimum absolute atomic E-state index is 0.0995. The number of rotatable bonds is 7. The first kappa shape index (κ1) is 20.2. The van der Waals surface area contributed by atoms with E-state index in [1.807, 2.05) is 30.3 Å². The second-order valence-corrected chi connectivity index (χ2v) is 7.36. The van der Waals surface area contributed by atoms with Crippen molar-refractivity contribution in [2.45, 2.75) is 13.0 Å². The van der Waals surface area contributed by atoms with Crippen molar-refractivity contribution >= 4 is 11.6 Å². The topological polar surface area (TPSA) is 74.5 Å². The van der Waals surface area contributed by atoms with Gasteiger partial charge in [0.25, 0.3) is 0 Å². The Morgan fingerprint density at radius 3 is 2.33 bits per heavy atom. The summed E-state index contributed by atoms with van der Waals surface area (Å²) in [5, 5.41) is 11.1. The van der Waals surface area contributed by atoms with Crippen molar-refractivity contribution in [1.82, 2.24) is 20.0 Å². The fourth-order valence-electron chi connectivity index (χ4n) is 3.43. The number of halogens is 1. The SMILES string of the molecule is O=C(CN1CCN(Cc2nnc(Cc3ccccc3)o2)CC1)Nc1ccc(F)cc1. The third kappa shape index (κ3) is 5.71. The van der Waals surface area contributed by atoms with E-state index in [1.54, 1.807) is 12.1 Å². The van der Waals surface area contributed by atoms with Crippen molar-refractivity contribution < 1.29 is 13.6 Å². The highest BCUT2D eigenvalue weighted by Crippen LogP contribution is 2.12. The minimum Gasteiger partial charge on any atom is -0.424 e. The van der Waals surface area contributed by atoms with Gasteiger partial charge in [0.1, 0.15) is 5.82 Å². The fraction of sp³-hybridized carbons (Fsp3) is 0.318. The lowest BCUT2D eigenvalue weighted by Gasteiger charge is -2.33. The molecule has 0 aliphatic carbocycles. The quantitative estimate of drug-likeness (QED) is 0.647.